The molecule has 0 heterocycles. The predicted octanol–water partition coefficient (Wildman–Crippen LogP) is 0.225. The Kier molecular flexibility index (Phi) is 7.03. The summed E-state index contributed by atoms with van der Waals surface area (Å²) in [6.07, 6.45) is 1.72. The maximum absolute atomic E-state index is 11.2. The largest absolute Gasteiger partial charge is 0.330 e. The van der Waals surface area contributed by atoms with Crippen molar-refractivity contribution in [3.63, 3.8) is 0 Å². The molecule has 0 saturated heterocycles. The molecule has 2 unspecified atom stereocenters. The van der Waals surface area contributed by atoms with E-state index in [-0.39, 0.29) is 11.2 Å². The molecule has 1 amide bonds. The van der Waals surface area contributed by atoms with Gasteiger partial charge >= 0.3 is 0 Å². The first kappa shape index (κ1) is 12.7. The number of nitrogens with one attached hydrogen (secondary N) is 1. The summed E-state index contributed by atoms with van der Waals surface area (Å²) in [7, 11) is 0. The van der Waals surface area contributed by atoms with E-state index >= 15 is 0 Å². The van der Waals surface area contributed by atoms with Crippen LogP contribution in [0, 0.1) is 0 Å². The molecule has 4 nitrogen and oxygen atoms in total. The van der Waals surface area contributed by atoms with Gasteiger partial charge in [0, 0.05) is 5.25 Å². The van der Waals surface area contributed by atoms with Crippen LogP contribution in [0.15, 0.2) is 0 Å². The molecule has 0 spiro atoms. The van der Waals surface area contributed by atoms with Crippen LogP contribution in [0.4, 0.5) is 0 Å². The van der Waals surface area contributed by atoms with Crippen LogP contribution in [0.3, 0.4) is 0 Å². The fourth-order valence-electron chi connectivity index (χ4n) is 1.02. The predicted molar refractivity (Wildman–Crippen MR) is 57.1 cm³/mol. The fraction of sp³-hybridized carbons (Fsp3) is 0.875. The molecular weight excluding hydrogens is 186 g/mol. The van der Waals surface area contributed by atoms with Gasteiger partial charge in [0.25, 0.3) is 0 Å². The summed E-state index contributed by atoms with van der Waals surface area (Å²) in [5.74, 6) is 4.96. The van der Waals surface area contributed by atoms with Crippen molar-refractivity contribution in [2.45, 2.75) is 37.2 Å². The molecular formula is C8H19N3OS. The van der Waals surface area contributed by atoms with Crippen LogP contribution in [0.2, 0.25) is 0 Å². The summed E-state index contributed by atoms with van der Waals surface area (Å²) in [6, 6.07) is 0. The van der Waals surface area contributed by atoms with Crippen molar-refractivity contribution in [3.8, 4) is 0 Å². The highest BCUT2D eigenvalue weighted by Crippen LogP contribution is 2.22. The van der Waals surface area contributed by atoms with Crippen molar-refractivity contribution in [2.24, 2.45) is 11.6 Å². The lowest BCUT2D eigenvalue weighted by Crippen LogP contribution is -2.38. The van der Waals surface area contributed by atoms with Crippen molar-refractivity contribution < 1.29 is 4.79 Å². The third-order valence-electron chi connectivity index (χ3n) is 1.78. The van der Waals surface area contributed by atoms with Gasteiger partial charge in [0.1, 0.15) is 0 Å². The van der Waals surface area contributed by atoms with Gasteiger partial charge in [-0.15, -0.1) is 11.8 Å². The molecule has 5 heteroatoms. The number of hydrogen-bond acceptors (Lipinski definition) is 4. The Bertz CT molecular complexity index is 154. The first-order valence-corrected chi connectivity index (χ1v) is 5.45. The van der Waals surface area contributed by atoms with Crippen LogP contribution in [0.25, 0.3) is 0 Å². The summed E-state index contributed by atoms with van der Waals surface area (Å²) in [5, 5.41) is 0.360. The highest BCUT2D eigenvalue weighted by atomic mass is 32.2. The zero-order valence-electron chi connectivity index (χ0n) is 8.25. The van der Waals surface area contributed by atoms with E-state index in [1.54, 1.807) is 11.8 Å². The minimum absolute atomic E-state index is 0.0495. The Hall–Kier alpha value is -0.260. The third kappa shape index (κ3) is 5.13. The van der Waals surface area contributed by atoms with Gasteiger partial charge in [-0.25, -0.2) is 5.84 Å². The molecule has 0 aliphatic rings. The van der Waals surface area contributed by atoms with Crippen LogP contribution in [0.5, 0.6) is 0 Å². The van der Waals surface area contributed by atoms with Crippen molar-refractivity contribution in [1.82, 2.24) is 5.43 Å². The average molecular weight is 205 g/mol. The number of thioether (sulfide) groups is 1. The van der Waals surface area contributed by atoms with Gasteiger partial charge in [-0.1, -0.05) is 13.8 Å². The summed E-state index contributed by atoms with van der Waals surface area (Å²) in [6.45, 7) is 4.71. The Morgan fingerprint density at radius 1 is 1.62 bits per heavy atom. The molecule has 78 valence electrons. The van der Waals surface area contributed by atoms with E-state index in [4.69, 9.17) is 11.6 Å². The molecule has 0 rings (SSSR count). The maximum atomic E-state index is 11.2. The van der Waals surface area contributed by atoms with Crippen LogP contribution >= 0.6 is 11.8 Å². The average Bonchev–Trinajstić information content (AvgIpc) is 2.13. The number of carbonyl (C=O) groups is 1. The van der Waals surface area contributed by atoms with Gasteiger partial charge in [0.05, 0.1) is 5.25 Å². The van der Waals surface area contributed by atoms with Gasteiger partial charge in [0.15, 0.2) is 0 Å². The standard InChI is InChI=1S/C8H19N3OS/c1-3-7(8(12)11-10)13-6(2)4-5-9/h6-7H,3-5,9-10H2,1-2H3,(H,11,12). The van der Waals surface area contributed by atoms with Crippen LogP contribution in [-0.4, -0.2) is 23.0 Å². The number of amides is 1. The van der Waals surface area contributed by atoms with Gasteiger partial charge < -0.3 is 5.73 Å². The van der Waals surface area contributed by atoms with E-state index in [0.29, 0.717) is 11.8 Å². The van der Waals surface area contributed by atoms with E-state index in [2.05, 4.69) is 12.3 Å². The van der Waals surface area contributed by atoms with E-state index in [1.165, 1.54) is 0 Å². The molecule has 5 N–H and O–H groups in total. The minimum Gasteiger partial charge on any atom is -0.330 e. The van der Waals surface area contributed by atoms with Crippen LogP contribution in [0.1, 0.15) is 26.7 Å². The van der Waals surface area contributed by atoms with E-state index in [0.717, 1.165) is 12.8 Å². The van der Waals surface area contributed by atoms with E-state index < -0.39 is 0 Å². The van der Waals surface area contributed by atoms with E-state index in [1.807, 2.05) is 6.92 Å². The fourth-order valence-corrected chi connectivity index (χ4v) is 2.24. The maximum Gasteiger partial charge on any atom is 0.246 e. The summed E-state index contributed by atoms with van der Waals surface area (Å²) >= 11 is 1.63. The second-order valence-electron chi connectivity index (χ2n) is 2.93. The lowest BCUT2D eigenvalue weighted by Gasteiger charge is -2.17. The van der Waals surface area contributed by atoms with Gasteiger partial charge in [-0.3, -0.25) is 10.2 Å². The molecule has 0 aliphatic carbocycles. The van der Waals surface area contributed by atoms with E-state index in [9.17, 15) is 4.79 Å². The van der Waals surface area contributed by atoms with Crippen LogP contribution < -0.4 is 17.0 Å². The highest BCUT2D eigenvalue weighted by molar-refractivity contribution is 8.01. The third-order valence-corrected chi connectivity index (χ3v) is 3.35. The number of hydrazine groups is 1. The smallest absolute Gasteiger partial charge is 0.246 e. The Balaban J connectivity index is 3.89. The van der Waals surface area contributed by atoms with Gasteiger partial charge in [-0.05, 0) is 19.4 Å². The molecule has 0 aromatic rings. The molecule has 0 saturated carbocycles. The number of nitrogens with two attached hydrogens (primary N) is 2. The first-order valence-electron chi connectivity index (χ1n) is 4.51. The lowest BCUT2D eigenvalue weighted by atomic mass is 10.3. The van der Waals surface area contributed by atoms with Crippen molar-refractivity contribution in [3.05, 3.63) is 0 Å². The molecule has 0 radical (unpaired) electrons. The summed E-state index contributed by atoms with van der Waals surface area (Å²) < 4.78 is 0. The molecule has 13 heavy (non-hydrogen) atoms. The van der Waals surface area contributed by atoms with Gasteiger partial charge in [0.2, 0.25) is 5.91 Å². The number of hydrogen-bond donors (Lipinski definition) is 3. The molecule has 0 aromatic heterocycles. The Labute approximate surface area is 83.8 Å². The SMILES string of the molecule is CCC(SC(C)CCN)C(=O)NN. The summed E-state index contributed by atoms with van der Waals surface area (Å²) in [5.41, 5.74) is 7.59. The molecule has 0 bridgehead atoms. The second-order valence-corrected chi connectivity index (χ2v) is 4.58. The number of rotatable bonds is 6. The topological polar surface area (TPSA) is 81.1 Å². The molecule has 2 atom stereocenters. The lowest BCUT2D eigenvalue weighted by molar-refractivity contribution is -0.120. The monoisotopic (exact) mass is 205 g/mol. The van der Waals surface area contributed by atoms with Crippen molar-refractivity contribution in [1.29, 1.82) is 0 Å². The molecule has 0 aromatic carbocycles. The van der Waals surface area contributed by atoms with Crippen molar-refractivity contribution in [2.75, 3.05) is 6.54 Å². The normalized spacial score (nSPS) is 15.1. The summed E-state index contributed by atoms with van der Waals surface area (Å²) in [4.78, 5) is 11.2. The Morgan fingerprint density at radius 3 is 2.62 bits per heavy atom. The zero-order valence-corrected chi connectivity index (χ0v) is 9.06. The quantitative estimate of drug-likeness (QED) is 0.329. The molecule has 0 aliphatic heterocycles. The number of carbonyl (C=O) groups excluding carboxylic acids is 1. The minimum atomic E-state index is -0.101. The van der Waals surface area contributed by atoms with Gasteiger partial charge in [-0.2, -0.15) is 0 Å². The molecule has 0 fully saturated rings. The van der Waals surface area contributed by atoms with Crippen molar-refractivity contribution >= 4 is 17.7 Å². The highest BCUT2D eigenvalue weighted by Gasteiger charge is 2.18. The Morgan fingerprint density at radius 2 is 2.23 bits per heavy atom. The second kappa shape index (κ2) is 7.17. The first-order chi connectivity index (χ1) is 6.15. The zero-order chi connectivity index (χ0) is 10.3. The van der Waals surface area contributed by atoms with Crippen LogP contribution in [-0.2, 0) is 4.79 Å².